The van der Waals surface area contributed by atoms with Gasteiger partial charge in [-0.3, -0.25) is 14.6 Å². The van der Waals surface area contributed by atoms with E-state index in [-0.39, 0.29) is 12.0 Å². The first-order valence-corrected chi connectivity index (χ1v) is 12.5. The minimum Gasteiger partial charge on any atom is -0.491 e. The van der Waals surface area contributed by atoms with Crippen molar-refractivity contribution in [1.29, 1.82) is 0 Å². The summed E-state index contributed by atoms with van der Waals surface area (Å²) in [5.41, 5.74) is 4.04. The van der Waals surface area contributed by atoms with Gasteiger partial charge < -0.3 is 9.47 Å². The lowest BCUT2D eigenvalue weighted by atomic mass is 10.1. The van der Waals surface area contributed by atoms with Crippen molar-refractivity contribution in [2.24, 2.45) is 0 Å². The second kappa shape index (κ2) is 10.6. The predicted molar refractivity (Wildman–Crippen MR) is 135 cm³/mol. The number of ether oxygens (including phenoxy) is 2. The number of rotatable bonds is 8. The van der Waals surface area contributed by atoms with E-state index in [1.165, 1.54) is 11.1 Å². The lowest BCUT2D eigenvalue weighted by molar-refractivity contribution is 0.0376. The Hall–Kier alpha value is -2.48. The van der Waals surface area contributed by atoms with Crippen molar-refractivity contribution in [2.75, 3.05) is 44.3 Å². The van der Waals surface area contributed by atoms with E-state index in [4.69, 9.17) is 14.5 Å². The number of carbonyl (C=O) groups is 1. The van der Waals surface area contributed by atoms with Crippen molar-refractivity contribution in [2.45, 2.75) is 40.2 Å². The van der Waals surface area contributed by atoms with E-state index in [2.05, 4.69) is 30.9 Å². The maximum absolute atomic E-state index is 13.6. The molecule has 0 N–H and O–H groups in total. The third-order valence-corrected chi connectivity index (χ3v) is 6.94. The van der Waals surface area contributed by atoms with E-state index >= 15 is 0 Å². The topological polar surface area (TPSA) is 54.9 Å². The Kier molecular flexibility index (Phi) is 7.63. The van der Waals surface area contributed by atoms with Crippen LogP contribution in [0.2, 0.25) is 0 Å². The second-order valence-corrected chi connectivity index (χ2v) is 9.87. The van der Waals surface area contributed by atoms with Crippen LogP contribution >= 0.6 is 11.3 Å². The van der Waals surface area contributed by atoms with Gasteiger partial charge in [-0.1, -0.05) is 11.3 Å². The molecule has 0 radical (unpaired) electrons. The summed E-state index contributed by atoms with van der Waals surface area (Å²) in [6, 6.07) is 11.7. The number of fused-ring (bicyclic) bond motifs is 1. The first kappa shape index (κ1) is 23.7. The van der Waals surface area contributed by atoms with Crippen LogP contribution in [0, 0.1) is 13.8 Å². The number of benzene rings is 2. The number of nitrogens with zero attached hydrogens (tertiary/aromatic N) is 3. The van der Waals surface area contributed by atoms with E-state index < -0.39 is 0 Å². The molecule has 176 valence electrons. The number of aromatic nitrogens is 1. The van der Waals surface area contributed by atoms with Crippen LogP contribution in [0.3, 0.4) is 0 Å². The zero-order chi connectivity index (χ0) is 23.4. The molecule has 1 fully saturated rings. The van der Waals surface area contributed by atoms with Gasteiger partial charge in [-0.25, -0.2) is 4.98 Å². The van der Waals surface area contributed by atoms with Crippen molar-refractivity contribution >= 4 is 32.6 Å². The molecule has 33 heavy (non-hydrogen) atoms. The number of anilines is 1. The van der Waals surface area contributed by atoms with Crippen molar-refractivity contribution in [3.8, 4) is 5.75 Å². The maximum Gasteiger partial charge on any atom is 0.260 e. The van der Waals surface area contributed by atoms with Crippen molar-refractivity contribution < 1.29 is 14.3 Å². The van der Waals surface area contributed by atoms with Crippen LogP contribution in [0.15, 0.2) is 36.4 Å². The number of carbonyl (C=O) groups excluding carboxylic acids is 1. The lowest BCUT2D eigenvalue weighted by Crippen LogP contribution is -2.39. The highest BCUT2D eigenvalue weighted by atomic mass is 32.1. The number of morpholine rings is 1. The molecule has 1 saturated heterocycles. The van der Waals surface area contributed by atoms with Gasteiger partial charge in [-0.15, -0.1) is 0 Å². The molecule has 0 unspecified atom stereocenters. The molecule has 2 aromatic carbocycles. The first-order valence-electron chi connectivity index (χ1n) is 11.7. The summed E-state index contributed by atoms with van der Waals surface area (Å²) in [5.74, 6) is 0.743. The van der Waals surface area contributed by atoms with Crippen molar-refractivity contribution in [1.82, 2.24) is 9.88 Å². The second-order valence-electron chi connectivity index (χ2n) is 8.86. The van der Waals surface area contributed by atoms with E-state index in [9.17, 15) is 4.79 Å². The van der Waals surface area contributed by atoms with Crippen LogP contribution in [-0.4, -0.2) is 61.3 Å². The van der Waals surface area contributed by atoms with Gasteiger partial charge in [-0.05, 0) is 81.6 Å². The number of aryl methyl sites for hydroxylation is 2. The lowest BCUT2D eigenvalue weighted by Gasteiger charge is -2.27. The zero-order valence-electron chi connectivity index (χ0n) is 20.0. The Bertz CT molecular complexity index is 1050. The fraction of sp³-hybridized carbons (Fsp3) is 0.462. The fourth-order valence-electron chi connectivity index (χ4n) is 3.95. The Balaban J connectivity index is 1.57. The number of thiazole rings is 1. The molecule has 1 aromatic heterocycles. The summed E-state index contributed by atoms with van der Waals surface area (Å²) in [5, 5.41) is 0.754. The normalized spacial score (nSPS) is 14.7. The van der Waals surface area contributed by atoms with E-state index in [1.807, 2.05) is 43.0 Å². The van der Waals surface area contributed by atoms with Gasteiger partial charge in [0.2, 0.25) is 0 Å². The van der Waals surface area contributed by atoms with Gasteiger partial charge in [0.1, 0.15) is 5.75 Å². The highest BCUT2D eigenvalue weighted by Crippen LogP contribution is 2.32. The molecular weight excluding hydrogens is 434 g/mol. The molecule has 4 rings (SSSR count). The Morgan fingerprint density at radius 2 is 1.85 bits per heavy atom. The summed E-state index contributed by atoms with van der Waals surface area (Å²) in [4.78, 5) is 22.7. The molecule has 6 nitrogen and oxygen atoms in total. The van der Waals surface area contributed by atoms with Crippen LogP contribution in [0.5, 0.6) is 5.75 Å². The number of hydrogen-bond donors (Lipinski definition) is 0. The first-order chi connectivity index (χ1) is 15.9. The van der Waals surface area contributed by atoms with Crippen LogP contribution in [0.1, 0.15) is 41.8 Å². The van der Waals surface area contributed by atoms with Gasteiger partial charge in [0, 0.05) is 31.7 Å². The molecule has 0 saturated carbocycles. The van der Waals surface area contributed by atoms with E-state index in [1.54, 1.807) is 11.3 Å². The van der Waals surface area contributed by atoms with Crippen molar-refractivity contribution in [3.63, 3.8) is 0 Å². The molecule has 0 spiro atoms. The summed E-state index contributed by atoms with van der Waals surface area (Å²) in [6.45, 7) is 13.2. The van der Waals surface area contributed by atoms with Gasteiger partial charge in [-0.2, -0.15) is 0 Å². The molecule has 3 aromatic rings. The SMILES string of the molecule is Cc1cc2nc(N(CCCN3CCOCC3)C(=O)c3ccc(OC(C)C)cc3)sc2cc1C. The van der Waals surface area contributed by atoms with Crippen LogP contribution < -0.4 is 9.64 Å². The fourth-order valence-corrected chi connectivity index (χ4v) is 5.02. The Labute approximate surface area is 200 Å². The molecule has 1 aliphatic rings. The van der Waals surface area contributed by atoms with Crippen LogP contribution in [0.4, 0.5) is 5.13 Å². The highest BCUT2D eigenvalue weighted by molar-refractivity contribution is 7.22. The minimum absolute atomic E-state index is 0.0272. The highest BCUT2D eigenvalue weighted by Gasteiger charge is 2.22. The molecule has 0 bridgehead atoms. The largest absolute Gasteiger partial charge is 0.491 e. The number of hydrogen-bond acceptors (Lipinski definition) is 6. The molecule has 7 heteroatoms. The molecule has 0 atom stereocenters. The zero-order valence-corrected chi connectivity index (χ0v) is 20.8. The standard InChI is InChI=1S/C26H33N3O3S/c1-18(2)32-22-8-6-21(7-9-22)25(30)29(11-5-10-28-12-14-31-15-13-28)26-27-23-16-19(3)20(4)17-24(23)33-26/h6-9,16-18H,5,10-15H2,1-4H3. The number of amides is 1. The Morgan fingerprint density at radius 3 is 2.55 bits per heavy atom. The van der Waals surface area contributed by atoms with Gasteiger partial charge in [0.05, 0.1) is 29.5 Å². The van der Waals surface area contributed by atoms with Crippen molar-refractivity contribution in [3.05, 3.63) is 53.1 Å². The predicted octanol–water partition coefficient (Wildman–Crippen LogP) is 5.07. The summed E-state index contributed by atoms with van der Waals surface area (Å²) in [7, 11) is 0. The molecule has 1 aliphatic heterocycles. The molecule has 2 heterocycles. The average molecular weight is 468 g/mol. The third kappa shape index (κ3) is 5.91. The van der Waals surface area contributed by atoms with Gasteiger partial charge >= 0.3 is 0 Å². The quantitative estimate of drug-likeness (QED) is 0.463. The third-order valence-electron chi connectivity index (χ3n) is 5.90. The summed E-state index contributed by atoms with van der Waals surface area (Å²) in [6.07, 6.45) is 0.978. The smallest absolute Gasteiger partial charge is 0.260 e. The Morgan fingerprint density at radius 1 is 1.15 bits per heavy atom. The molecular formula is C26H33N3O3S. The van der Waals surface area contributed by atoms with Crippen LogP contribution in [-0.2, 0) is 4.74 Å². The summed E-state index contributed by atoms with van der Waals surface area (Å²) < 4.78 is 12.3. The minimum atomic E-state index is -0.0272. The average Bonchev–Trinajstić information content (AvgIpc) is 3.19. The van der Waals surface area contributed by atoms with Gasteiger partial charge in [0.15, 0.2) is 5.13 Å². The van der Waals surface area contributed by atoms with Gasteiger partial charge in [0.25, 0.3) is 5.91 Å². The molecule has 0 aliphatic carbocycles. The van der Waals surface area contributed by atoms with E-state index in [0.717, 1.165) is 60.4 Å². The molecule has 1 amide bonds. The monoisotopic (exact) mass is 467 g/mol. The van der Waals surface area contributed by atoms with Crippen LogP contribution in [0.25, 0.3) is 10.2 Å². The maximum atomic E-state index is 13.6. The summed E-state index contributed by atoms with van der Waals surface area (Å²) >= 11 is 1.58. The van der Waals surface area contributed by atoms with E-state index in [0.29, 0.717) is 12.1 Å².